The third kappa shape index (κ3) is 4.39. The molecule has 9 nitrogen and oxygen atoms in total. The molecule has 33 heavy (non-hydrogen) atoms. The minimum atomic E-state index is -3.07. The van der Waals surface area contributed by atoms with Crippen molar-refractivity contribution in [2.45, 2.75) is 32.2 Å². The third-order valence-electron chi connectivity index (χ3n) is 6.11. The van der Waals surface area contributed by atoms with E-state index in [0.717, 1.165) is 37.7 Å². The molecule has 2 unspecified atom stereocenters. The number of rotatable bonds is 7. The molecule has 2 bridgehead atoms. The van der Waals surface area contributed by atoms with Crippen molar-refractivity contribution >= 4 is 23.2 Å². The van der Waals surface area contributed by atoms with E-state index in [9.17, 15) is 4.39 Å². The van der Waals surface area contributed by atoms with Gasteiger partial charge in [-0.1, -0.05) is 11.6 Å². The molecule has 11 heteroatoms. The molecule has 3 heterocycles. The van der Waals surface area contributed by atoms with Crippen LogP contribution in [0.3, 0.4) is 0 Å². The fourth-order valence-corrected chi connectivity index (χ4v) is 4.74. The highest BCUT2D eigenvalue weighted by Crippen LogP contribution is 2.40. The molecule has 5 rings (SSSR count). The van der Waals surface area contributed by atoms with Crippen LogP contribution in [0.4, 0.5) is 16.0 Å². The first-order valence-electron chi connectivity index (χ1n) is 12.9. The number of anilines is 2. The number of halogens is 2. The summed E-state index contributed by atoms with van der Waals surface area (Å²) in [6, 6.07) is 4.95. The number of fused-ring (bicyclic) bond motifs is 2. The first kappa shape index (κ1) is 16.5. The van der Waals surface area contributed by atoms with Gasteiger partial charge in [0.25, 0.3) is 0 Å². The lowest BCUT2D eigenvalue weighted by Gasteiger charge is -2.39. The smallest absolute Gasteiger partial charge is 0.322 e. The number of hydrogen-bond donors (Lipinski definition) is 1. The quantitative estimate of drug-likeness (QED) is 0.544. The molecular weight excluding hydrogens is 449 g/mol. The maximum absolute atomic E-state index is 13.6. The number of aryl methyl sites for hydroxylation is 1. The number of ether oxygens (including phenoxy) is 2. The molecule has 1 N–H and O–H groups in total. The first-order chi connectivity index (χ1) is 18.0. The Morgan fingerprint density at radius 1 is 1.30 bits per heavy atom. The molecule has 1 aliphatic carbocycles. The summed E-state index contributed by atoms with van der Waals surface area (Å²) in [6.07, 6.45) is 3.62. The van der Waals surface area contributed by atoms with Crippen LogP contribution in [0.25, 0.3) is 0 Å². The van der Waals surface area contributed by atoms with Crippen molar-refractivity contribution < 1.29 is 20.7 Å². The molecule has 1 aromatic carbocycles. The highest BCUT2D eigenvalue weighted by molar-refractivity contribution is 6.30. The van der Waals surface area contributed by atoms with Gasteiger partial charge >= 0.3 is 6.01 Å². The Balaban J connectivity index is 1.39. The van der Waals surface area contributed by atoms with E-state index in [-0.39, 0.29) is 34.6 Å². The zero-order valence-corrected chi connectivity index (χ0v) is 18.5. The van der Waals surface area contributed by atoms with E-state index in [1.165, 1.54) is 19.2 Å². The predicted octanol–water partition coefficient (Wildman–Crippen LogP) is 4.01. The SMILES string of the molecule is [2H]C([2H])([2H])C([2H])([2H])n1nc(NC2C3CCC2CN(c2cnnc(OC)c2)C3)nc1Oc1ccc(F)c(Cl)c1. The summed E-state index contributed by atoms with van der Waals surface area (Å²) in [7, 11) is 1.54. The van der Waals surface area contributed by atoms with Crippen molar-refractivity contribution in [3.8, 4) is 17.6 Å². The number of benzene rings is 1. The maximum atomic E-state index is 13.6. The summed E-state index contributed by atoms with van der Waals surface area (Å²) in [5.41, 5.74) is 0.911. The standard InChI is InChI=1S/C22H25ClFN7O2/c1-3-31-22(33-16-6-7-18(24)17(23)9-16)27-21(29-31)26-20-13-4-5-14(20)12-30(11-13)15-8-19(32-2)28-25-10-15/h6-10,13-14,20H,3-5,11-12H2,1-2H3,(H,26,29)/i1D3,3D2. The van der Waals surface area contributed by atoms with E-state index in [1.54, 1.807) is 6.20 Å². The van der Waals surface area contributed by atoms with Crippen LogP contribution in [0.2, 0.25) is 5.02 Å². The second-order valence-electron chi connectivity index (χ2n) is 8.05. The van der Waals surface area contributed by atoms with E-state index in [2.05, 4.69) is 30.5 Å². The van der Waals surface area contributed by atoms with Gasteiger partial charge in [-0.3, -0.25) is 0 Å². The summed E-state index contributed by atoms with van der Waals surface area (Å²) in [4.78, 5) is 6.50. The van der Waals surface area contributed by atoms with Gasteiger partial charge in [0.1, 0.15) is 11.6 Å². The molecule has 1 saturated heterocycles. The Kier molecular flexibility index (Phi) is 4.50. The van der Waals surface area contributed by atoms with Crippen LogP contribution in [0.5, 0.6) is 17.6 Å². The van der Waals surface area contributed by atoms with E-state index >= 15 is 0 Å². The van der Waals surface area contributed by atoms with Gasteiger partial charge < -0.3 is 19.7 Å². The van der Waals surface area contributed by atoms with Crippen molar-refractivity contribution in [3.63, 3.8) is 0 Å². The van der Waals surface area contributed by atoms with Crippen LogP contribution in [0, 0.1) is 17.7 Å². The van der Waals surface area contributed by atoms with Gasteiger partial charge in [-0.05, 0) is 43.7 Å². The summed E-state index contributed by atoms with van der Waals surface area (Å²) in [6.45, 7) is -4.54. The Morgan fingerprint density at radius 2 is 2.12 bits per heavy atom. The van der Waals surface area contributed by atoms with Crippen molar-refractivity contribution in [1.29, 1.82) is 0 Å². The molecule has 174 valence electrons. The molecule has 2 atom stereocenters. The lowest BCUT2D eigenvalue weighted by Crippen LogP contribution is -2.48. The molecule has 0 spiro atoms. The molecule has 2 aliphatic rings. The van der Waals surface area contributed by atoms with Crippen LogP contribution >= 0.6 is 11.6 Å². The fourth-order valence-electron chi connectivity index (χ4n) is 4.57. The average Bonchev–Trinajstić information content (AvgIpc) is 3.36. The average molecular weight is 479 g/mol. The van der Waals surface area contributed by atoms with E-state index in [0.29, 0.717) is 10.6 Å². The Bertz CT molecular complexity index is 1310. The number of methoxy groups -OCH3 is 1. The first-order valence-corrected chi connectivity index (χ1v) is 10.8. The molecular formula is C22H25ClFN7O2. The Morgan fingerprint density at radius 3 is 2.85 bits per heavy atom. The van der Waals surface area contributed by atoms with Gasteiger partial charge in [-0.2, -0.15) is 10.1 Å². The number of nitrogens with one attached hydrogen (secondary N) is 1. The van der Waals surface area contributed by atoms with E-state index in [4.69, 9.17) is 27.9 Å². The second kappa shape index (κ2) is 9.01. The Labute approximate surface area is 202 Å². The highest BCUT2D eigenvalue weighted by Gasteiger charge is 2.42. The molecule has 0 amide bonds. The minimum absolute atomic E-state index is 0.0227. The van der Waals surface area contributed by atoms with Crippen LogP contribution in [-0.2, 0) is 6.50 Å². The summed E-state index contributed by atoms with van der Waals surface area (Å²) in [5, 5.41) is 15.2. The number of hydrogen-bond acceptors (Lipinski definition) is 8. The van der Waals surface area contributed by atoms with Gasteiger partial charge in [0.15, 0.2) is 0 Å². The van der Waals surface area contributed by atoms with Gasteiger partial charge in [-0.15, -0.1) is 10.2 Å². The second-order valence-corrected chi connectivity index (χ2v) is 8.46. The largest absolute Gasteiger partial charge is 0.480 e. The molecule has 0 radical (unpaired) electrons. The predicted molar refractivity (Wildman–Crippen MR) is 122 cm³/mol. The highest BCUT2D eigenvalue weighted by atomic mass is 35.5. The third-order valence-corrected chi connectivity index (χ3v) is 6.39. The monoisotopic (exact) mass is 478 g/mol. The Hall–Kier alpha value is -3.14. The van der Waals surface area contributed by atoms with Crippen molar-refractivity contribution in [1.82, 2.24) is 25.0 Å². The van der Waals surface area contributed by atoms with E-state index < -0.39 is 25.2 Å². The zero-order chi connectivity index (χ0) is 27.2. The number of piperidine rings is 1. The normalized spacial score (nSPS) is 24.9. The van der Waals surface area contributed by atoms with Gasteiger partial charge in [-0.25, -0.2) is 9.07 Å². The zero-order valence-electron chi connectivity index (χ0n) is 22.7. The molecule has 1 saturated carbocycles. The van der Waals surface area contributed by atoms with Crippen molar-refractivity contribution in [2.75, 3.05) is 30.4 Å². The van der Waals surface area contributed by atoms with Gasteiger partial charge in [0.05, 0.1) is 26.8 Å². The van der Waals surface area contributed by atoms with Crippen molar-refractivity contribution in [2.24, 2.45) is 11.8 Å². The van der Waals surface area contributed by atoms with Crippen LogP contribution in [-0.4, -0.2) is 51.2 Å². The minimum Gasteiger partial charge on any atom is -0.480 e. The van der Waals surface area contributed by atoms with Crippen LogP contribution in [0.1, 0.15) is 26.5 Å². The molecule has 3 aromatic rings. The number of nitrogens with zero attached hydrogens (tertiary/aromatic N) is 6. The van der Waals surface area contributed by atoms with Crippen LogP contribution in [0.15, 0.2) is 30.5 Å². The van der Waals surface area contributed by atoms with Gasteiger partial charge in [0.2, 0.25) is 11.8 Å². The summed E-state index contributed by atoms with van der Waals surface area (Å²) >= 11 is 5.84. The number of aromatic nitrogens is 5. The molecule has 2 aromatic heterocycles. The van der Waals surface area contributed by atoms with E-state index in [1.807, 2.05) is 6.07 Å². The molecule has 1 aliphatic heterocycles. The lowest BCUT2D eigenvalue weighted by atomic mass is 9.92. The fraction of sp³-hybridized carbons (Fsp3) is 0.455. The topological polar surface area (TPSA) is 90.2 Å². The molecule has 2 fully saturated rings. The summed E-state index contributed by atoms with van der Waals surface area (Å²) in [5.74, 6) is 0.294. The lowest BCUT2D eigenvalue weighted by molar-refractivity contribution is 0.372. The maximum Gasteiger partial charge on any atom is 0.322 e. The van der Waals surface area contributed by atoms with Crippen LogP contribution < -0.4 is 19.7 Å². The summed E-state index contributed by atoms with van der Waals surface area (Å²) < 4.78 is 64.5. The van der Waals surface area contributed by atoms with Gasteiger partial charge in [0, 0.05) is 41.9 Å². The van der Waals surface area contributed by atoms with Crippen molar-refractivity contribution in [3.05, 3.63) is 41.3 Å².